The summed E-state index contributed by atoms with van der Waals surface area (Å²) < 4.78 is 18.2. The number of hydrogen-bond donors (Lipinski definition) is 1. The zero-order chi connectivity index (χ0) is 19.9. The molecule has 1 aliphatic rings. The maximum absolute atomic E-state index is 13.1. The number of carbonyl (C=O) groups is 2. The monoisotopic (exact) mass is 384 g/mol. The van der Waals surface area contributed by atoms with Crippen LogP contribution in [0.4, 0.5) is 9.18 Å². The fraction of sp³-hybridized carbons (Fsp3) is 0.238. The van der Waals surface area contributed by atoms with Crippen molar-refractivity contribution < 1.29 is 23.6 Å². The van der Waals surface area contributed by atoms with Gasteiger partial charge >= 0.3 is 6.09 Å². The lowest BCUT2D eigenvalue weighted by molar-refractivity contribution is -0.129. The van der Waals surface area contributed by atoms with Gasteiger partial charge in [0.05, 0.1) is 12.8 Å². The number of halogens is 1. The second-order valence-electron chi connectivity index (χ2n) is 6.24. The molecule has 0 aromatic heterocycles. The van der Waals surface area contributed by atoms with Gasteiger partial charge in [-0.2, -0.15) is 0 Å². The highest BCUT2D eigenvalue weighted by Gasteiger charge is 2.38. The molecule has 146 valence electrons. The Kier molecular flexibility index (Phi) is 6.39. The van der Waals surface area contributed by atoms with Gasteiger partial charge in [-0.1, -0.05) is 36.4 Å². The van der Waals surface area contributed by atoms with E-state index in [1.165, 1.54) is 24.1 Å². The number of amides is 2. The van der Waals surface area contributed by atoms with E-state index in [4.69, 9.17) is 9.57 Å². The van der Waals surface area contributed by atoms with Crippen LogP contribution in [0.5, 0.6) is 0 Å². The van der Waals surface area contributed by atoms with Crippen LogP contribution in [-0.4, -0.2) is 30.6 Å². The minimum absolute atomic E-state index is 0.120. The molecule has 1 atom stereocenters. The number of imide groups is 1. The Morgan fingerprint density at radius 1 is 1.25 bits per heavy atom. The van der Waals surface area contributed by atoms with Crippen molar-refractivity contribution in [3.05, 3.63) is 77.6 Å². The summed E-state index contributed by atoms with van der Waals surface area (Å²) in [6.45, 7) is 0.149. The first kappa shape index (κ1) is 19.6. The summed E-state index contributed by atoms with van der Waals surface area (Å²) in [6, 6.07) is 14.8. The van der Waals surface area contributed by atoms with Crippen LogP contribution in [-0.2, 0) is 14.4 Å². The van der Waals surface area contributed by atoms with E-state index in [-0.39, 0.29) is 24.8 Å². The summed E-state index contributed by atoms with van der Waals surface area (Å²) in [5.74, 6) is -0.654. The highest BCUT2D eigenvalue weighted by molar-refractivity contribution is 5.93. The maximum atomic E-state index is 13.1. The number of rotatable bonds is 7. The van der Waals surface area contributed by atoms with Gasteiger partial charge in [0.25, 0.3) is 0 Å². The van der Waals surface area contributed by atoms with Crippen molar-refractivity contribution in [3.63, 3.8) is 0 Å². The molecule has 0 bridgehead atoms. The number of benzene rings is 2. The fourth-order valence-electron chi connectivity index (χ4n) is 3.04. The molecule has 2 aromatic carbocycles. The number of cyclic esters (lactones) is 1. The molecule has 6 nitrogen and oxygen atoms in total. The first-order chi connectivity index (χ1) is 13.6. The van der Waals surface area contributed by atoms with Crippen molar-refractivity contribution in [2.24, 2.45) is 0 Å². The molecular formula is C21H21FN2O4. The van der Waals surface area contributed by atoms with Crippen molar-refractivity contribution in [2.75, 3.05) is 13.7 Å². The summed E-state index contributed by atoms with van der Waals surface area (Å²) in [4.78, 5) is 30.8. The zero-order valence-electron chi connectivity index (χ0n) is 15.4. The molecule has 1 N–H and O–H groups in total. The van der Waals surface area contributed by atoms with Gasteiger partial charge in [-0.15, -0.1) is 0 Å². The summed E-state index contributed by atoms with van der Waals surface area (Å²) >= 11 is 0. The first-order valence-corrected chi connectivity index (χ1v) is 8.89. The van der Waals surface area contributed by atoms with E-state index in [0.29, 0.717) is 12.1 Å². The number of carbonyl (C=O) groups excluding carboxylic acids is 2. The summed E-state index contributed by atoms with van der Waals surface area (Å²) in [5, 5.41) is 0. The predicted octanol–water partition coefficient (Wildman–Crippen LogP) is 3.82. The molecule has 3 rings (SSSR count). The third-order valence-electron chi connectivity index (χ3n) is 4.40. The van der Waals surface area contributed by atoms with E-state index in [1.54, 1.807) is 18.2 Å². The Morgan fingerprint density at radius 3 is 2.64 bits per heavy atom. The highest BCUT2D eigenvalue weighted by Crippen LogP contribution is 2.28. The predicted molar refractivity (Wildman–Crippen MR) is 101 cm³/mol. The van der Waals surface area contributed by atoms with E-state index in [0.717, 1.165) is 11.1 Å². The number of allylic oxidation sites excluding steroid dienone is 1. The molecule has 0 saturated carbocycles. The fourth-order valence-corrected chi connectivity index (χ4v) is 3.04. The molecule has 0 radical (unpaired) electrons. The number of nitrogens with one attached hydrogen (secondary N) is 1. The van der Waals surface area contributed by atoms with Gasteiger partial charge in [-0.05, 0) is 41.8 Å². The van der Waals surface area contributed by atoms with Crippen molar-refractivity contribution in [1.29, 1.82) is 0 Å². The SMILES string of the molecule is CON/C(=C\CCC(=O)N1C(=O)OC[C@@H]1c1ccccc1)c1ccc(F)cc1. The maximum Gasteiger partial charge on any atom is 0.417 e. The van der Waals surface area contributed by atoms with Crippen LogP contribution in [0.3, 0.4) is 0 Å². The van der Waals surface area contributed by atoms with Crippen molar-refractivity contribution in [3.8, 4) is 0 Å². The third kappa shape index (κ3) is 4.55. The topological polar surface area (TPSA) is 67.9 Å². The highest BCUT2D eigenvalue weighted by atomic mass is 19.1. The van der Waals surface area contributed by atoms with Gasteiger partial charge < -0.3 is 4.74 Å². The van der Waals surface area contributed by atoms with Gasteiger partial charge in [0.2, 0.25) is 5.91 Å². The van der Waals surface area contributed by atoms with Gasteiger partial charge in [0.1, 0.15) is 18.5 Å². The number of hydrogen-bond acceptors (Lipinski definition) is 5. The molecule has 1 heterocycles. The Balaban J connectivity index is 1.68. The second kappa shape index (κ2) is 9.14. The molecule has 0 spiro atoms. The average Bonchev–Trinajstić information content (AvgIpc) is 3.10. The molecule has 1 saturated heterocycles. The minimum atomic E-state index is -0.628. The normalized spacial score (nSPS) is 16.8. The van der Waals surface area contributed by atoms with Crippen molar-refractivity contribution >= 4 is 17.7 Å². The lowest BCUT2D eigenvalue weighted by Crippen LogP contribution is -2.33. The van der Waals surface area contributed by atoms with Gasteiger partial charge in [-0.3, -0.25) is 15.1 Å². The average molecular weight is 384 g/mol. The molecule has 7 heteroatoms. The number of hydroxylamine groups is 1. The van der Waals surface area contributed by atoms with Gasteiger partial charge in [0, 0.05) is 6.42 Å². The molecule has 2 aromatic rings. The smallest absolute Gasteiger partial charge is 0.417 e. The molecule has 1 fully saturated rings. The summed E-state index contributed by atoms with van der Waals surface area (Å²) in [6.07, 6.45) is 1.63. The first-order valence-electron chi connectivity index (χ1n) is 8.89. The quantitative estimate of drug-likeness (QED) is 0.735. The summed E-state index contributed by atoms with van der Waals surface area (Å²) in [7, 11) is 1.47. The molecule has 0 unspecified atom stereocenters. The molecular weight excluding hydrogens is 363 g/mol. The van der Waals surface area contributed by atoms with E-state index in [9.17, 15) is 14.0 Å². The summed E-state index contributed by atoms with van der Waals surface area (Å²) in [5.41, 5.74) is 4.91. The Bertz CT molecular complexity index is 852. The van der Waals surface area contributed by atoms with E-state index in [1.807, 2.05) is 30.3 Å². The van der Waals surface area contributed by atoms with E-state index < -0.39 is 12.1 Å². The van der Waals surface area contributed by atoms with Crippen LogP contribution in [0.15, 0.2) is 60.7 Å². The van der Waals surface area contributed by atoms with Crippen LogP contribution in [0.2, 0.25) is 0 Å². The standard InChI is InChI=1S/C21H21FN2O4/c1-27-23-18(15-10-12-17(22)13-11-15)8-5-9-20(25)24-19(14-28-21(24)26)16-6-3-2-4-7-16/h2-4,6-8,10-13,19,23H,5,9,14H2,1H3/b18-8-/t19-/m1/s1. The van der Waals surface area contributed by atoms with Crippen LogP contribution >= 0.6 is 0 Å². The van der Waals surface area contributed by atoms with E-state index >= 15 is 0 Å². The molecule has 1 aliphatic heterocycles. The minimum Gasteiger partial charge on any atom is -0.446 e. The zero-order valence-corrected chi connectivity index (χ0v) is 15.4. The lowest BCUT2D eigenvalue weighted by atomic mass is 10.1. The van der Waals surface area contributed by atoms with Crippen molar-refractivity contribution in [1.82, 2.24) is 10.4 Å². The largest absolute Gasteiger partial charge is 0.446 e. The Hall–Kier alpha value is -3.19. The molecule has 2 amide bonds. The number of nitrogens with zero attached hydrogens (tertiary/aromatic N) is 1. The van der Waals surface area contributed by atoms with Crippen molar-refractivity contribution in [2.45, 2.75) is 18.9 Å². The lowest BCUT2D eigenvalue weighted by Gasteiger charge is -2.19. The molecule has 28 heavy (non-hydrogen) atoms. The van der Waals surface area contributed by atoms with Gasteiger partial charge in [0.15, 0.2) is 0 Å². The van der Waals surface area contributed by atoms with Crippen LogP contribution < -0.4 is 5.48 Å². The Labute approximate surface area is 162 Å². The van der Waals surface area contributed by atoms with Crippen LogP contribution in [0.1, 0.15) is 30.0 Å². The molecule has 0 aliphatic carbocycles. The van der Waals surface area contributed by atoms with E-state index in [2.05, 4.69) is 5.48 Å². The van der Waals surface area contributed by atoms with Crippen LogP contribution in [0, 0.1) is 5.82 Å². The van der Waals surface area contributed by atoms with Crippen LogP contribution in [0.25, 0.3) is 5.70 Å². The Morgan fingerprint density at radius 2 is 1.96 bits per heavy atom. The second-order valence-corrected chi connectivity index (χ2v) is 6.24. The third-order valence-corrected chi connectivity index (χ3v) is 4.40. The van der Waals surface area contributed by atoms with Gasteiger partial charge in [-0.25, -0.2) is 14.1 Å². The number of ether oxygens (including phenoxy) is 1.